The first-order valence-corrected chi connectivity index (χ1v) is 7.81. The zero-order valence-corrected chi connectivity index (χ0v) is 13.5. The fourth-order valence-corrected chi connectivity index (χ4v) is 3.96. The predicted octanol–water partition coefficient (Wildman–Crippen LogP) is 5.74. The van der Waals surface area contributed by atoms with Gasteiger partial charge in [-0.05, 0) is 57.6 Å². The third-order valence-electron chi connectivity index (χ3n) is 4.87. The molecule has 3 aromatic rings. The lowest BCUT2D eigenvalue weighted by atomic mass is 9.81. The topological polar surface area (TPSA) is 0 Å². The second-order valence-corrected chi connectivity index (χ2v) is 7.03. The van der Waals surface area contributed by atoms with Crippen molar-refractivity contribution in [1.29, 1.82) is 0 Å². The van der Waals surface area contributed by atoms with E-state index >= 15 is 0 Å². The third-order valence-corrected chi connectivity index (χ3v) is 5.15. The molecule has 0 atom stereocenters. The van der Waals surface area contributed by atoms with E-state index < -0.39 is 0 Å². The highest BCUT2D eigenvalue weighted by atomic mass is 32.1. The molecule has 1 aliphatic rings. The van der Waals surface area contributed by atoms with E-state index in [1.807, 2.05) is 0 Å². The van der Waals surface area contributed by atoms with Crippen LogP contribution in [0, 0.1) is 6.92 Å². The van der Waals surface area contributed by atoms with E-state index in [0.717, 1.165) is 4.90 Å². The minimum absolute atomic E-state index is 0.0399. The molecule has 0 nitrogen and oxygen atoms in total. The molecule has 3 aromatic carbocycles. The molecule has 0 bridgehead atoms. The van der Waals surface area contributed by atoms with Crippen molar-refractivity contribution in [2.24, 2.45) is 0 Å². The van der Waals surface area contributed by atoms with Crippen LogP contribution in [0.3, 0.4) is 0 Å². The summed E-state index contributed by atoms with van der Waals surface area (Å²) < 4.78 is 0. The van der Waals surface area contributed by atoms with Gasteiger partial charge in [0.1, 0.15) is 0 Å². The van der Waals surface area contributed by atoms with Gasteiger partial charge in [-0.25, -0.2) is 0 Å². The smallest absolute Gasteiger partial charge is 0.0159 e. The average Bonchev–Trinajstić information content (AvgIpc) is 2.68. The van der Waals surface area contributed by atoms with Gasteiger partial charge < -0.3 is 0 Å². The Hall–Kier alpha value is -1.73. The molecule has 0 spiro atoms. The standard InChI is InChI=1S/C20H18S/c1-12-10-18-19(15-7-5-4-6-14(12)15)16-9-8-13(21)11-17(16)20(18,2)3/h4-11,21H,1-3H3. The van der Waals surface area contributed by atoms with E-state index in [0.29, 0.717) is 0 Å². The highest BCUT2D eigenvalue weighted by Crippen LogP contribution is 2.52. The Balaban J connectivity index is 2.22. The number of benzene rings is 3. The lowest BCUT2D eigenvalue weighted by Crippen LogP contribution is -2.15. The molecule has 21 heavy (non-hydrogen) atoms. The zero-order valence-electron chi connectivity index (χ0n) is 12.6. The van der Waals surface area contributed by atoms with E-state index in [1.54, 1.807) is 0 Å². The lowest BCUT2D eigenvalue weighted by molar-refractivity contribution is 0.658. The van der Waals surface area contributed by atoms with Gasteiger partial charge >= 0.3 is 0 Å². The first-order chi connectivity index (χ1) is 10.00. The summed E-state index contributed by atoms with van der Waals surface area (Å²) in [5.74, 6) is 0. The summed E-state index contributed by atoms with van der Waals surface area (Å²) in [5.41, 5.74) is 7.00. The van der Waals surface area contributed by atoms with Crippen LogP contribution in [-0.2, 0) is 5.41 Å². The van der Waals surface area contributed by atoms with E-state index in [9.17, 15) is 0 Å². The number of thiol groups is 1. The van der Waals surface area contributed by atoms with E-state index in [2.05, 4.69) is 81.9 Å². The first kappa shape index (κ1) is 13.0. The molecule has 0 aliphatic heterocycles. The molecule has 0 heterocycles. The van der Waals surface area contributed by atoms with Crippen LogP contribution in [0.15, 0.2) is 53.4 Å². The number of hydrogen-bond acceptors (Lipinski definition) is 1. The summed E-state index contributed by atoms with van der Waals surface area (Å²) in [5, 5.41) is 2.72. The third kappa shape index (κ3) is 1.64. The van der Waals surface area contributed by atoms with Crippen LogP contribution in [0.4, 0.5) is 0 Å². The van der Waals surface area contributed by atoms with Gasteiger partial charge in [-0.15, -0.1) is 12.6 Å². The maximum absolute atomic E-state index is 4.53. The molecular weight excluding hydrogens is 272 g/mol. The van der Waals surface area contributed by atoms with Crippen LogP contribution < -0.4 is 0 Å². The minimum Gasteiger partial charge on any atom is -0.143 e. The Kier molecular flexibility index (Phi) is 2.56. The quantitative estimate of drug-likeness (QED) is 0.501. The summed E-state index contributed by atoms with van der Waals surface area (Å²) in [4.78, 5) is 1.04. The van der Waals surface area contributed by atoms with Gasteiger partial charge in [0.15, 0.2) is 0 Å². The normalized spacial score (nSPS) is 15.0. The number of aryl methyl sites for hydroxylation is 1. The molecule has 0 fully saturated rings. The summed E-state index contributed by atoms with van der Waals surface area (Å²) in [6.45, 7) is 6.85. The molecule has 1 aliphatic carbocycles. The van der Waals surface area contributed by atoms with Gasteiger partial charge in [-0.1, -0.05) is 50.2 Å². The highest BCUT2D eigenvalue weighted by molar-refractivity contribution is 7.80. The van der Waals surface area contributed by atoms with Crippen molar-refractivity contribution >= 4 is 23.4 Å². The number of hydrogen-bond donors (Lipinski definition) is 1. The Morgan fingerprint density at radius 3 is 2.33 bits per heavy atom. The molecular formula is C20H18S. The van der Waals surface area contributed by atoms with Gasteiger partial charge in [0.2, 0.25) is 0 Å². The summed E-state index contributed by atoms with van der Waals surface area (Å²) in [6, 6.07) is 17.7. The van der Waals surface area contributed by atoms with Crippen molar-refractivity contribution in [2.45, 2.75) is 31.1 Å². The van der Waals surface area contributed by atoms with Crippen LogP contribution in [0.2, 0.25) is 0 Å². The lowest BCUT2D eigenvalue weighted by Gasteiger charge is -2.22. The van der Waals surface area contributed by atoms with Crippen LogP contribution in [0.25, 0.3) is 21.9 Å². The minimum atomic E-state index is 0.0399. The predicted molar refractivity (Wildman–Crippen MR) is 93.5 cm³/mol. The Labute approximate surface area is 131 Å². The van der Waals surface area contributed by atoms with E-state index in [1.165, 1.54) is 38.6 Å². The van der Waals surface area contributed by atoms with Crippen LogP contribution in [0.1, 0.15) is 30.5 Å². The Morgan fingerprint density at radius 1 is 0.857 bits per heavy atom. The molecule has 0 saturated heterocycles. The second-order valence-electron chi connectivity index (χ2n) is 6.52. The molecule has 0 unspecified atom stereocenters. The van der Waals surface area contributed by atoms with Gasteiger partial charge in [-0.3, -0.25) is 0 Å². The molecule has 104 valence electrons. The van der Waals surface area contributed by atoms with Crippen LogP contribution >= 0.6 is 12.6 Å². The maximum Gasteiger partial charge on any atom is 0.0159 e. The molecule has 1 heteroatoms. The average molecular weight is 290 g/mol. The summed E-state index contributed by atoms with van der Waals surface area (Å²) in [7, 11) is 0. The van der Waals surface area contributed by atoms with Crippen molar-refractivity contribution in [3.05, 3.63) is 65.2 Å². The highest BCUT2D eigenvalue weighted by Gasteiger charge is 2.36. The van der Waals surface area contributed by atoms with E-state index in [4.69, 9.17) is 0 Å². The molecule has 0 aromatic heterocycles. The van der Waals surface area contributed by atoms with Crippen LogP contribution in [-0.4, -0.2) is 0 Å². The SMILES string of the molecule is Cc1cc2c(c3ccccc13)-c1ccc(S)cc1C2(C)C. The summed E-state index contributed by atoms with van der Waals surface area (Å²) in [6.07, 6.45) is 0. The first-order valence-electron chi connectivity index (χ1n) is 7.37. The molecule has 0 radical (unpaired) electrons. The van der Waals surface area contributed by atoms with Crippen molar-refractivity contribution in [3.63, 3.8) is 0 Å². The van der Waals surface area contributed by atoms with Gasteiger partial charge in [-0.2, -0.15) is 0 Å². The summed E-state index contributed by atoms with van der Waals surface area (Å²) >= 11 is 4.53. The van der Waals surface area contributed by atoms with Crippen molar-refractivity contribution in [3.8, 4) is 11.1 Å². The molecule has 0 N–H and O–H groups in total. The van der Waals surface area contributed by atoms with Gasteiger partial charge in [0.05, 0.1) is 0 Å². The second kappa shape index (κ2) is 4.14. The van der Waals surface area contributed by atoms with Crippen LogP contribution in [0.5, 0.6) is 0 Å². The van der Waals surface area contributed by atoms with Crippen molar-refractivity contribution < 1.29 is 0 Å². The fourth-order valence-electron chi connectivity index (χ4n) is 3.75. The van der Waals surface area contributed by atoms with Gasteiger partial charge in [0.25, 0.3) is 0 Å². The number of fused-ring (bicyclic) bond motifs is 5. The van der Waals surface area contributed by atoms with E-state index in [-0.39, 0.29) is 5.41 Å². The zero-order chi connectivity index (χ0) is 14.8. The molecule has 0 amide bonds. The molecule has 0 saturated carbocycles. The maximum atomic E-state index is 4.53. The fraction of sp³-hybridized carbons (Fsp3) is 0.200. The molecule has 4 rings (SSSR count). The monoisotopic (exact) mass is 290 g/mol. The Morgan fingerprint density at radius 2 is 1.57 bits per heavy atom. The Bertz CT molecular complexity index is 888. The van der Waals surface area contributed by atoms with Crippen molar-refractivity contribution in [2.75, 3.05) is 0 Å². The number of rotatable bonds is 0. The van der Waals surface area contributed by atoms with Gasteiger partial charge in [0, 0.05) is 10.3 Å². The largest absolute Gasteiger partial charge is 0.143 e. The van der Waals surface area contributed by atoms with Crippen molar-refractivity contribution in [1.82, 2.24) is 0 Å².